The number of rotatable bonds is 4. The third-order valence-electron chi connectivity index (χ3n) is 3.41. The third-order valence-corrected chi connectivity index (χ3v) is 3.41. The van der Waals surface area contributed by atoms with Crippen molar-refractivity contribution >= 4 is 11.7 Å². The maximum absolute atomic E-state index is 12.8. The van der Waals surface area contributed by atoms with Gasteiger partial charge in [0.05, 0.1) is 18.4 Å². The fraction of sp³-hybridized carbons (Fsp3) is 0.0588. The fourth-order valence-electron chi connectivity index (χ4n) is 2.30. The predicted molar refractivity (Wildman–Crippen MR) is 84.4 cm³/mol. The van der Waals surface area contributed by atoms with Gasteiger partial charge in [-0.3, -0.25) is 9.36 Å². The quantitative estimate of drug-likeness (QED) is 0.751. The number of hydrogen-bond acceptors (Lipinski definition) is 4. The van der Waals surface area contributed by atoms with Crippen LogP contribution in [-0.4, -0.2) is 22.4 Å². The molecule has 0 spiro atoms. The molecule has 3 aromatic rings. The van der Waals surface area contributed by atoms with Crippen LogP contribution in [0.1, 0.15) is 15.9 Å². The van der Waals surface area contributed by atoms with Gasteiger partial charge in [-0.25, -0.2) is 4.98 Å². The molecule has 1 heterocycles. The van der Waals surface area contributed by atoms with Gasteiger partial charge in [0, 0.05) is 18.0 Å². The lowest BCUT2D eigenvalue weighted by atomic mass is 10.0. The highest BCUT2D eigenvalue weighted by atomic mass is 16.5. The zero-order valence-corrected chi connectivity index (χ0v) is 12.1. The number of ether oxygens (including phenoxy) is 1. The zero-order chi connectivity index (χ0) is 15.5. The number of aromatic nitrogens is 2. The number of hydrogen-bond donors (Lipinski definition) is 1. The van der Waals surface area contributed by atoms with E-state index in [9.17, 15) is 4.79 Å². The summed E-state index contributed by atoms with van der Waals surface area (Å²) < 4.78 is 6.91. The van der Waals surface area contributed by atoms with Gasteiger partial charge in [-0.2, -0.15) is 0 Å². The van der Waals surface area contributed by atoms with Crippen LogP contribution in [0.15, 0.2) is 60.9 Å². The highest BCUT2D eigenvalue weighted by Gasteiger charge is 2.17. The standard InChI is InChI=1S/C17H15N3O2/c1-22-13-7-8-15(20-10-9-19-17(20)18)14(11-13)16(21)12-5-3-2-4-6-12/h2-11H,1H3,(H2,18,19). The summed E-state index contributed by atoms with van der Waals surface area (Å²) in [6, 6.07) is 14.4. The van der Waals surface area contributed by atoms with Gasteiger partial charge in [0.15, 0.2) is 5.78 Å². The summed E-state index contributed by atoms with van der Waals surface area (Å²) in [5, 5.41) is 0. The lowest BCUT2D eigenvalue weighted by Gasteiger charge is -2.12. The lowest BCUT2D eigenvalue weighted by Crippen LogP contribution is -2.09. The number of benzene rings is 2. The Morgan fingerprint density at radius 1 is 1.18 bits per heavy atom. The van der Waals surface area contributed by atoms with Crippen LogP contribution in [0.25, 0.3) is 5.69 Å². The molecule has 0 atom stereocenters. The van der Waals surface area contributed by atoms with Gasteiger partial charge in [-0.15, -0.1) is 0 Å². The molecule has 1 aromatic heterocycles. The molecule has 2 aromatic carbocycles. The molecule has 0 saturated carbocycles. The van der Waals surface area contributed by atoms with Gasteiger partial charge >= 0.3 is 0 Å². The summed E-state index contributed by atoms with van der Waals surface area (Å²) in [5.74, 6) is 0.844. The molecule has 22 heavy (non-hydrogen) atoms. The van der Waals surface area contributed by atoms with Crippen LogP contribution in [0, 0.1) is 0 Å². The summed E-state index contributed by atoms with van der Waals surface area (Å²) in [7, 11) is 1.57. The van der Waals surface area contributed by atoms with E-state index in [1.54, 1.807) is 54.4 Å². The van der Waals surface area contributed by atoms with E-state index in [4.69, 9.17) is 10.5 Å². The first-order chi connectivity index (χ1) is 10.7. The van der Waals surface area contributed by atoms with E-state index in [-0.39, 0.29) is 5.78 Å². The average molecular weight is 293 g/mol. The van der Waals surface area contributed by atoms with Crippen molar-refractivity contribution in [2.24, 2.45) is 0 Å². The molecule has 110 valence electrons. The van der Waals surface area contributed by atoms with Gasteiger partial charge in [-0.1, -0.05) is 30.3 Å². The Balaban J connectivity index is 2.16. The second kappa shape index (κ2) is 5.73. The van der Waals surface area contributed by atoms with Gasteiger partial charge in [0.2, 0.25) is 5.95 Å². The van der Waals surface area contributed by atoms with E-state index in [2.05, 4.69) is 4.98 Å². The van der Waals surface area contributed by atoms with E-state index in [1.807, 2.05) is 18.2 Å². The molecule has 0 unspecified atom stereocenters. The normalized spacial score (nSPS) is 10.4. The molecule has 0 saturated heterocycles. The minimum Gasteiger partial charge on any atom is -0.497 e. The van der Waals surface area contributed by atoms with Crippen LogP contribution in [0.5, 0.6) is 5.75 Å². The van der Waals surface area contributed by atoms with Crippen LogP contribution in [0.4, 0.5) is 5.95 Å². The van der Waals surface area contributed by atoms with Crippen molar-refractivity contribution in [2.75, 3.05) is 12.8 Å². The Morgan fingerprint density at radius 3 is 2.59 bits per heavy atom. The Labute approximate surface area is 128 Å². The molecule has 0 fully saturated rings. The molecular formula is C17H15N3O2. The molecule has 0 bridgehead atoms. The van der Waals surface area contributed by atoms with E-state index in [1.165, 1.54) is 0 Å². The number of anilines is 1. The Hall–Kier alpha value is -3.08. The third kappa shape index (κ3) is 2.44. The van der Waals surface area contributed by atoms with Crippen molar-refractivity contribution < 1.29 is 9.53 Å². The summed E-state index contributed by atoms with van der Waals surface area (Å²) in [5.41, 5.74) is 7.65. The Morgan fingerprint density at radius 2 is 1.95 bits per heavy atom. The van der Waals surface area contributed by atoms with E-state index >= 15 is 0 Å². The van der Waals surface area contributed by atoms with E-state index in [0.29, 0.717) is 28.5 Å². The van der Waals surface area contributed by atoms with Gasteiger partial charge in [-0.05, 0) is 18.2 Å². The maximum Gasteiger partial charge on any atom is 0.204 e. The van der Waals surface area contributed by atoms with Crippen molar-refractivity contribution in [2.45, 2.75) is 0 Å². The van der Waals surface area contributed by atoms with Crippen LogP contribution in [0.2, 0.25) is 0 Å². The molecule has 0 radical (unpaired) electrons. The number of nitrogen functional groups attached to an aromatic ring is 1. The number of carbonyl (C=O) groups excluding carboxylic acids is 1. The van der Waals surface area contributed by atoms with Crippen molar-refractivity contribution in [1.29, 1.82) is 0 Å². The molecule has 0 aliphatic heterocycles. The summed E-state index contributed by atoms with van der Waals surface area (Å²) >= 11 is 0. The van der Waals surface area contributed by atoms with Crippen LogP contribution in [-0.2, 0) is 0 Å². The summed E-state index contributed by atoms with van der Waals surface area (Å²) in [6.45, 7) is 0. The van der Waals surface area contributed by atoms with Crippen LogP contribution >= 0.6 is 0 Å². The first-order valence-electron chi connectivity index (χ1n) is 6.77. The molecule has 0 aliphatic rings. The fourth-order valence-corrected chi connectivity index (χ4v) is 2.30. The largest absolute Gasteiger partial charge is 0.497 e. The smallest absolute Gasteiger partial charge is 0.204 e. The predicted octanol–water partition coefficient (Wildman–Crippen LogP) is 2.69. The molecule has 5 nitrogen and oxygen atoms in total. The maximum atomic E-state index is 12.8. The number of methoxy groups -OCH3 is 1. The summed E-state index contributed by atoms with van der Waals surface area (Å²) in [6.07, 6.45) is 3.31. The van der Waals surface area contributed by atoms with Crippen molar-refractivity contribution in [3.8, 4) is 11.4 Å². The second-order valence-corrected chi connectivity index (χ2v) is 4.73. The average Bonchev–Trinajstić information content (AvgIpc) is 3.00. The van der Waals surface area contributed by atoms with Gasteiger partial charge < -0.3 is 10.5 Å². The molecule has 2 N–H and O–H groups in total. The summed E-state index contributed by atoms with van der Waals surface area (Å²) in [4.78, 5) is 16.8. The minimum atomic E-state index is -0.0948. The van der Waals surface area contributed by atoms with E-state index < -0.39 is 0 Å². The second-order valence-electron chi connectivity index (χ2n) is 4.73. The Kier molecular flexibility index (Phi) is 3.62. The molecule has 5 heteroatoms. The first-order valence-corrected chi connectivity index (χ1v) is 6.77. The number of ketones is 1. The van der Waals surface area contributed by atoms with E-state index in [0.717, 1.165) is 0 Å². The number of carbonyl (C=O) groups is 1. The number of nitrogens with zero attached hydrogens (tertiary/aromatic N) is 2. The van der Waals surface area contributed by atoms with Crippen LogP contribution < -0.4 is 10.5 Å². The zero-order valence-electron chi connectivity index (χ0n) is 12.1. The van der Waals surface area contributed by atoms with Crippen molar-refractivity contribution in [1.82, 2.24) is 9.55 Å². The number of nitrogens with two attached hydrogens (primary N) is 1. The van der Waals surface area contributed by atoms with Gasteiger partial charge in [0.1, 0.15) is 5.75 Å². The molecule has 0 amide bonds. The molecular weight excluding hydrogens is 278 g/mol. The monoisotopic (exact) mass is 293 g/mol. The van der Waals surface area contributed by atoms with Crippen LogP contribution in [0.3, 0.4) is 0 Å². The first kappa shape index (κ1) is 13.9. The molecule has 3 rings (SSSR count). The Bertz CT molecular complexity index is 810. The number of imidazole rings is 1. The van der Waals surface area contributed by atoms with Crippen molar-refractivity contribution in [3.63, 3.8) is 0 Å². The lowest BCUT2D eigenvalue weighted by molar-refractivity contribution is 0.103. The van der Waals surface area contributed by atoms with Gasteiger partial charge in [0.25, 0.3) is 0 Å². The van der Waals surface area contributed by atoms with Crippen molar-refractivity contribution in [3.05, 3.63) is 72.1 Å². The highest BCUT2D eigenvalue weighted by Crippen LogP contribution is 2.25. The minimum absolute atomic E-state index is 0.0948. The highest BCUT2D eigenvalue weighted by molar-refractivity contribution is 6.11. The topological polar surface area (TPSA) is 70.1 Å². The SMILES string of the molecule is COc1ccc(-n2ccnc2N)c(C(=O)c2ccccc2)c1. The molecule has 0 aliphatic carbocycles.